The number of hydrogen-bond acceptors (Lipinski definition) is 1. The van der Waals surface area contributed by atoms with Crippen LogP contribution in [0.3, 0.4) is 0 Å². The quantitative estimate of drug-likeness (QED) is 0.722. The highest BCUT2D eigenvalue weighted by molar-refractivity contribution is 9.10. The van der Waals surface area contributed by atoms with E-state index in [4.69, 9.17) is 23.2 Å². The Bertz CT molecular complexity index is 464. The number of hydrogen-bond donors (Lipinski definition) is 0. The van der Waals surface area contributed by atoms with Crippen molar-refractivity contribution in [3.63, 3.8) is 0 Å². The van der Waals surface area contributed by atoms with Crippen LogP contribution in [-0.2, 0) is 4.79 Å². The monoisotopic (exact) mass is 349 g/mol. The highest BCUT2D eigenvalue weighted by Crippen LogP contribution is 2.35. The van der Waals surface area contributed by atoms with Gasteiger partial charge < -0.3 is 4.90 Å². The first-order valence-corrected chi connectivity index (χ1v) is 7.57. The minimum absolute atomic E-state index is 0.118. The van der Waals surface area contributed by atoms with Gasteiger partial charge in [-0.25, -0.2) is 0 Å². The number of halogens is 3. The summed E-state index contributed by atoms with van der Waals surface area (Å²) in [6.45, 7) is 2.66. The third-order valence-electron chi connectivity index (χ3n) is 3.20. The van der Waals surface area contributed by atoms with Crippen LogP contribution < -0.4 is 0 Å². The van der Waals surface area contributed by atoms with Crippen LogP contribution in [0.5, 0.6) is 0 Å². The van der Waals surface area contributed by atoms with Gasteiger partial charge in [0.25, 0.3) is 0 Å². The molecule has 0 bridgehead atoms. The number of carbonyl (C=O) groups is 1. The second kappa shape index (κ2) is 5.81. The van der Waals surface area contributed by atoms with Crippen LogP contribution >= 0.6 is 39.1 Å². The Morgan fingerprint density at radius 1 is 1.44 bits per heavy atom. The number of alkyl halides is 1. The average Bonchev–Trinajstić information content (AvgIpc) is 2.80. The van der Waals surface area contributed by atoms with E-state index in [1.165, 1.54) is 0 Å². The SMILES string of the molecule is CC(Br)C(=O)N1CCCC1c1ccc(Cl)c(Cl)c1. The topological polar surface area (TPSA) is 20.3 Å². The first kappa shape index (κ1) is 14.2. The van der Waals surface area contributed by atoms with Gasteiger partial charge in [-0.05, 0) is 37.5 Å². The van der Waals surface area contributed by atoms with Crippen molar-refractivity contribution in [3.8, 4) is 0 Å². The van der Waals surface area contributed by atoms with E-state index in [0.717, 1.165) is 24.9 Å². The van der Waals surface area contributed by atoms with E-state index in [2.05, 4.69) is 15.9 Å². The molecule has 0 aliphatic carbocycles. The van der Waals surface area contributed by atoms with E-state index in [1.54, 1.807) is 6.07 Å². The van der Waals surface area contributed by atoms with Gasteiger partial charge in [0.1, 0.15) is 0 Å². The van der Waals surface area contributed by atoms with Crippen LogP contribution in [0.4, 0.5) is 0 Å². The highest BCUT2D eigenvalue weighted by atomic mass is 79.9. The van der Waals surface area contributed by atoms with Gasteiger partial charge in [0.15, 0.2) is 0 Å². The highest BCUT2D eigenvalue weighted by Gasteiger charge is 2.31. The van der Waals surface area contributed by atoms with Gasteiger partial charge in [0.05, 0.1) is 20.9 Å². The standard InChI is InChI=1S/C13H14BrCl2NO/c1-8(14)13(18)17-6-2-3-12(17)9-4-5-10(15)11(16)7-9/h4-5,7-8,12H,2-3,6H2,1H3. The second-order valence-electron chi connectivity index (χ2n) is 4.48. The third-order valence-corrected chi connectivity index (χ3v) is 4.34. The molecule has 0 N–H and O–H groups in total. The molecule has 0 aromatic heterocycles. The second-order valence-corrected chi connectivity index (χ2v) is 6.67. The summed E-state index contributed by atoms with van der Waals surface area (Å²) in [6, 6.07) is 5.72. The molecular weight excluding hydrogens is 337 g/mol. The summed E-state index contributed by atoms with van der Waals surface area (Å²) >= 11 is 15.3. The largest absolute Gasteiger partial charge is 0.335 e. The van der Waals surface area contributed by atoms with Gasteiger partial charge in [-0.3, -0.25) is 4.79 Å². The zero-order valence-electron chi connectivity index (χ0n) is 10.00. The summed E-state index contributed by atoms with van der Waals surface area (Å²) in [4.78, 5) is 13.9. The first-order valence-electron chi connectivity index (χ1n) is 5.90. The van der Waals surface area contributed by atoms with E-state index < -0.39 is 0 Å². The molecule has 0 saturated carbocycles. The molecule has 98 valence electrons. The molecule has 1 aliphatic heterocycles. The Balaban J connectivity index is 2.26. The summed E-state index contributed by atoms with van der Waals surface area (Å²) in [5, 5.41) is 1.09. The van der Waals surface area contributed by atoms with E-state index >= 15 is 0 Å². The van der Waals surface area contributed by atoms with Crippen molar-refractivity contribution in [2.75, 3.05) is 6.54 Å². The fourth-order valence-corrected chi connectivity index (χ4v) is 2.89. The first-order chi connectivity index (χ1) is 8.50. The molecule has 0 spiro atoms. The van der Waals surface area contributed by atoms with Crippen LogP contribution in [0.1, 0.15) is 31.4 Å². The van der Waals surface area contributed by atoms with E-state index in [1.807, 2.05) is 24.0 Å². The van der Waals surface area contributed by atoms with Crippen LogP contribution in [0.2, 0.25) is 10.0 Å². The molecule has 1 aromatic rings. The van der Waals surface area contributed by atoms with Crippen molar-refractivity contribution in [2.45, 2.75) is 30.6 Å². The maximum atomic E-state index is 12.1. The number of amides is 1. The Kier molecular flexibility index (Phi) is 4.57. The van der Waals surface area contributed by atoms with Gasteiger partial charge >= 0.3 is 0 Å². The molecule has 1 fully saturated rings. The molecule has 1 amide bonds. The number of nitrogens with zero attached hydrogens (tertiary/aromatic N) is 1. The molecule has 1 aromatic carbocycles. The van der Waals surface area contributed by atoms with Crippen molar-refractivity contribution < 1.29 is 4.79 Å². The van der Waals surface area contributed by atoms with Gasteiger partial charge in [-0.15, -0.1) is 0 Å². The molecule has 18 heavy (non-hydrogen) atoms. The van der Waals surface area contributed by atoms with Crippen molar-refractivity contribution in [1.82, 2.24) is 4.90 Å². The van der Waals surface area contributed by atoms with Crippen molar-refractivity contribution in [3.05, 3.63) is 33.8 Å². The van der Waals surface area contributed by atoms with Gasteiger partial charge in [-0.1, -0.05) is 45.2 Å². The number of rotatable bonds is 2. The van der Waals surface area contributed by atoms with Crippen LogP contribution in [0, 0.1) is 0 Å². The molecule has 2 unspecified atom stereocenters. The van der Waals surface area contributed by atoms with Crippen molar-refractivity contribution in [2.24, 2.45) is 0 Å². The molecule has 1 heterocycles. The minimum Gasteiger partial charge on any atom is -0.335 e. The zero-order chi connectivity index (χ0) is 13.3. The summed E-state index contributed by atoms with van der Waals surface area (Å²) in [5.74, 6) is 0.128. The van der Waals surface area contributed by atoms with Crippen molar-refractivity contribution >= 4 is 45.0 Å². The van der Waals surface area contributed by atoms with Gasteiger partial charge in [-0.2, -0.15) is 0 Å². The van der Waals surface area contributed by atoms with Crippen LogP contribution in [0.25, 0.3) is 0 Å². The normalized spacial score (nSPS) is 21.1. The van der Waals surface area contributed by atoms with Crippen LogP contribution in [0.15, 0.2) is 18.2 Å². The lowest BCUT2D eigenvalue weighted by molar-refractivity contribution is -0.131. The maximum absolute atomic E-state index is 12.1. The van der Waals surface area contributed by atoms with E-state index in [-0.39, 0.29) is 16.8 Å². The summed E-state index contributed by atoms with van der Waals surface area (Å²) in [5.41, 5.74) is 1.06. The number of likely N-dealkylation sites (tertiary alicyclic amines) is 1. The maximum Gasteiger partial charge on any atom is 0.236 e. The lowest BCUT2D eigenvalue weighted by Gasteiger charge is -2.26. The summed E-state index contributed by atoms with van der Waals surface area (Å²) < 4.78 is 0. The summed E-state index contributed by atoms with van der Waals surface area (Å²) in [7, 11) is 0. The fourth-order valence-electron chi connectivity index (χ4n) is 2.33. The molecule has 1 aliphatic rings. The Hall–Kier alpha value is -0.250. The lowest BCUT2D eigenvalue weighted by Crippen LogP contribution is -2.35. The molecule has 2 rings (SSSR count). The predicted molar refractivity (Wildman–Crippen MR) is 78.5 cm³/mol. The Labute approximate surface area is 125 Å². The smallest absolute Gasteiger partial charge is 0.236 e. The molecular formula is C13H14BrCl2NO. The van der Waals surface area contributed by atoms with Gasteiger partial charge in [0.2, 0.25) is 5.91 Å². The molecule has 0 radical (unpaired) electrons. The summed E-state index contributed by atoms with van der Waals surface area (Å²) in [6.07, 6.45) is 2.00. The molecule has 2 atom stereocenters. The Morgan fingerprint density at radius 2 is 2.17 bits per heavy atom. The van der Waals surface area contributed by atoms with Crippen molar-refractivity contribution in [1.29, 1.82) is 0 Å². The molecule has 5 heteroatoms. The van der Waals surface area contributed by atoms with E-state index in [9.17, 15) is 4.79 Å². The van der Waals surface area contributed by atoms with Gasteiger partial charge in [0, 0.05) is 6.54 Å². The molecule has 1 saturated heterocycles. The lowest BCUT2D eigenvalue weighted by atomic mass is 10.0. The third kappa shape index (κ3) is 2.84. The van der Waals surface area contributed by atoms with Crippen LogP contribution in [-0.4, -0.2) is 22.2 Å². The average molecular weight is 351 g/mol. The predicted octanol–water partition coefficient (Wildman–Crippen LogP) is 4.44. The number of benzene rings is 1. The zero-order valence-corrected chi connectivity index (χ0v) is 13.1. The Morgan fingerprint density at radius 3 is 2.78 bits per heavy atom. The number of carbonyl (C=O) groups excluding carboxylic acids is 1. The minimum atomic E-state index is -0.152. The fraction of sp³-hybridized carbons (Fsp3) is 0.462. The van der Waals surface area contributed by atoms with E-state index in [0.29, 0.717) is 10.0 Å². The molecule has 2 nitrogen and oxygen atoms in total.